The number of rotatable bonds is 4. The van der Waals surface area contributed by atoms with Gasteiger partial charge in [0.1, 0.15) is 17.2 Å². The van der Waals surface area contributed by atoms with Crippen molar-refractivity contribution in [3.63, 3.8) is 0 Å². The topological polar surface area (TPSA) is 93.5 Å². The summed E-state index contributed by atoms with van der Waals surface area (Å²) in [7, 11) is 1.53. The Kier molecular flexibility index (Phi) is 7.42. The molecule has 0 bridgehead atoms. The van der Waals surface area contributed by atoms with Crippen molar-refractivity contribution >= 4 is 52.6 Å². The van der Waals surface area contributed by atoms with Crippen LogP contribution in [0.3, 0.4) is 0 Å². The molecular formula is C23H28ClFN4OS2. The van der Waals surface area contributed by atoms with E-state index in [0.717, 1.165) is 25.7 Å². The average molecular weight is 495 g/mol. The van der Waals surface area contributed by atoms with E-state index in [1.54, 1.807) is 9.81 Å². The molecule has 1 aromatic rings. The SMILES string of the molecule is CN=C(N)/C(C(=O)Nc1ccc(F)c(Cl)c1)=C(\N)C1CC2CC(=C3SCCCS3)CC2C1. The molecule has 1 amide bonds. The van der Waals surface area contributed by atoms with Crippen molar-refractivity contribution < 1.29 is 9.18 Å². The van der Waals surface area contributed by atoms with E-state index in [0.29, 0.717) is 23.2 Å². The molecule has 9 heteroatoms. The number of carbonyl (C=O) groups excluding carboxylic acids is 1. The molecule has 0 spiro atoms. The molecule has 2 unspecified atom stereocenters. The lowest BCUT2D eigenvalue weighted by Crippen LogP contribution is -2.31. The van der Waals surface area contributed by atoms with Crippen molar-refractivity contribution in [1.82, 2.24) is 0 Å². The fraction of sp³-hybridized carbons (Fsp3) is 0.478. The van der Waals surface area contributed by atoms with Gasteiger partial charge >= 0.3 is 0 Å². The molecule has 1 heterocycles. The van der Waals surface area contributed by atoms with E-state index in [1.807, 2.05) is 23.5 Å². The highest BCUT2D eigenvalue weighted by Crippen LogP contribution is 2.54. The number of nitrogens with one attached hydrogen (secondary N) is 1. The van der Waals surface area contributed by atoms with Crippen LogP contribution in [-0.4, -0.2) is 30.3 Å². The predicted molar refractivity (Wildman–Crippen MR) is 134 cm³/mol. The smallest absolute Gasteiger partial charge is 0.261 e. The largest absolute Gasteiger partial charge is 0.401 e. The summed E-state index contributed by atoms with van der Waals surface area (Å²) in [6.45, 7) is 0. The minimum atomic E-state index is -0.550. The number of fused-ring (bicyclic) bond motifs is 1. The van der Waals surface area contributed by atoms with Crippen LogP contribution in [-0.2, 0) is 4.79 Å². The fourth-order valence-electron chi connectivity index (χ4n) is 4.96. The number of benzene rings is 1. The van der Waals surface area contributed by atoms with Gasteiger partial charge < -0.3 is 16.8 Å². The normalized spacial score (nSPS) is 26.7. The molecule has 3 aliphatic rings. The second kappa shape index (κ2) is 10.1. The third-order valence-corrected chi connectivity index (χ3v) is 9.62. The molecule has 0 radical (unpaired) electrons. The third-order valence-electron chi connectivity index (χ3n) is 6.53. The van der Waals surface area contributed by atoms with Crippen molar-refractivity contribution in [2.75, 3.05) is 23.9 Å². The molecule has 3 fully saturated rings. The number of hydrogen-bond donors (Lipinski definition) is 3. The first-order valence-electron chi connectivity index (χ1n) is 10.8. The number of allylic oxidation sites excluding steroid dienone is 2. The quantitative estimate of drug-likeness (QED) is 0.306. The summed E-state index contributed by atoms with van der Waals surface area (Å²) < 4.78 is 15.0. The minimum Gasteiger partial charge on any atom is -0.401 e. The van der Waals surface area contributed by atoms with Crippen LogP contribution < -0.4 is 16.8 Å². The molecule has 1 saturated heterocycles. The standard InChI is InChI=1S/C23H28ClFN4OS2/c1-28-21(27)19(22(30)29-16-3-4-18(25)17(24)11-16)20(26)14-7-12-9-15(10-13(12)8-14)23-31-5-2-6-32-23/h3-4,11-14H,2,5-10,26H2,1H3,(H2,27,28)(H,29,30)/b20-19+. The van der Waals surface area contributed by atoms with Crippen LogP contribution in [0.4, 0.5) is 10.1 Å². The van der Waals surface area contributed by atoms with Gasteiger partial charge in [-0.3, -0.25) is 9.79 Å². The van der Waals surface area contributed by atoms with Crippen LogP contribution in [0.2, 0.25) is 5.02 Å². The highest BCUT2D eigenvalue weighted by Gasteiger charge is 2.42. The van der Waals surface area contributed by atoms with Gasteiger partial charge in [0, 0.05) is 22.7 Å². The Morgan fingerprint density at radius 1 is 1.19 bits per heavy atom. The number of nitrogens with zero attached hydrogens (tertiary/aromatic N) is 1. The molecule has 2 aliphatic carbocycles. The van der Waals surface area contributed by atoms with Crippen LogP contribution in [0.5, 0.6) is 0 Å². The molecule has 5 nitrogen and oxygen atoms in total. The van der Waals surface area contributed by atoms with Crippen LogP contribution in [0, 0.1) is 23.6 Å². The summed E-state index contributed by atoms with van der Waals surface area (Å²) >= 11 is 9.87. The van der Waals surface area contributed by atoms with Crippen molar-refractivity contribution in [3.8, 4) is 0 Å². The Morgan fingerprint density at radius 2 is 1.84 bits per heavy atom. The zero-order chi connectivity index (χ0) is 22.8. The highest BCUT2D eigenvalue weighted by molar-refractivity contribution is 8.22. The molecule has 2 atom stereocenters. The van der Waals surface area contributed by atoms with Gasteiger partial charge in [-0.2, -0.15) is 0 Å². The molecule has 5 N–H and O–H groups in total. The summed E-state index contributed by atoms with van der Waals surface area (Å²) in [4.78, 5) is 17.1. The van der Waals surface area contributed by atoms with Crippen LogP contribution >= 0.6 is 35.1 Å². The number of halogens is 2. The Labute approximate surface area is 201 Å². The van der Waals surface area contributed by atoms with Crippen molar-refractivity contribution in [3.05, 3.63) is 50.1 Å². The zero-order valence-corrected chi connectivity index (χ0v) is 20.4. The van der Waals surface area contributed by atoms with E-state index >= 15 is 0 Å². The Bertz CT molecular complexity index is 986. The number of aliphatic imine (C=N–C) groups is 1. The second-order valence-corrected chi connectivity index (χ2v) is 11.4. The maximum atomic E-state index is 13.4. The first-order chi connectivity index (χ1) is 15.4. The van der Waals surface area contributed by atoms with Gasteiger partial charge in [0.15, 0.2) is 0 Å². The number of anilines is 1. The average Bonchev–Trinajstić information content (AvgIpc) is 3.36. The van der Waals surface area contributed by atoms with Gasteiger partial charge in [-0.25, -0.2) is 4.39 Å². The number of thioether (sulfide) groups is 2. The molecule has 1 aliphatic heterocycles. The molecule has 172 valence electrons. The van der Waals surface area contributed by atoms with Crippen molar-refractivity contribution in [1.29, 1.82) is 0 Å². The van der Waals surface area contributed by atoms with E-state index in [2.05, 4.69) is 10.3 Å². The van der Waals surface area contributed by atoms with Gasteiger partial charge in [-0.05, 0) is 85.1 Å². The van der Waals surface area contributed by atoms with Crippen LogP contribution in [0.15, 0.2) is 44.3 Å². The number of carbonyl (C=O) groups is 1. The van der Waals surface area contributed by atoms with Gasteiger partial charge in [0.25, 0.3) is 5.91 Å². The third kappa shape index (κ3) is 4.97. The number of amides is 1. The predicted octanol–water partition coefficient (Wildman–Crippen LogP) is 5.14. The van der Waals surface area contributed by atoms with Gasteiger partial charge in [0.2, 0.25) is 0 Å². The number of hydrogen-bond acceptors (Lipinski definition) is 5. The van der Waals surface area contributed by atoms with Crippen LogP contribution in [0.1, 0.15) is 32.1 Å². The molecule has 1 aromatic carbocycles. The van der Waals surface area contributed by atoms with E-state index in [-0.39, 0.29) is 22.3 Å². The Morgan fingerprint density at radius 3 is 2.44 bits per heavy atom. The fourth-order valence-corrected chi connectivity index (χ4v) is 7.85. The molecule has 4 rings (SSSR count). The lowest BCUT2D eigenvalue weighted by molar-refractivity contribution is -0.112. The maximum absolute atomic E-state index is 13.4. The maximum Gasteiger partial charge on any atom is 0.261 e. The summed E-state index contributed by atoms with van der Waals surface area (Å²) in [5.74, 6) is 2.85. The first kappa shape index (κ1) is 23.5. The van der Waals surface area contributed by atoms with E-state index in [9.17, 15) is 9.18 Å². The molecule has 32 heavy (non-hydrogen) atoms. The summed E-state index contributed by atoms with van der Waals surface area (Å²) in [5.41, 5.74) is 15.3. The monoisotopic (exact) mass is 494 g/mol. The van der Waals surface area contributed by atoms with Crippen molar-refractivity contribution in [2.24, 2.45) is 34.2 Å². The first-order valence-corrected chi connectivity index (χ1v) is 13.2. The zero-order valence-electron chi connectivity index (χ0n) is 18.0. The number of nitrogens with two attached hydrogens (primary N) is 2. The van der Waals surface area contributed by atoms with E-state index < -0.39 is 11.7 Å². The summed E-state index contributed by atoms with van der Waals surface area (Å²) in [6, 6.07) is 4.01. The van der Waals surface area contributed by atoms with Gasteiger partial charge in [0.05, 0.1) is 5.02 Å². The summed E-state index contributed by atoms with van der Waals surface area (Å²) in [6.07, 6.45) is 5.47. The summed E-state index contributed by atoms with van der Waals surface area (Å²) in [5, 5.41) is 2.66. The number of amidine groups is 1. The molecule has 0 aromatic heterocycles. The lowest BCUT2D eigenvalue weighted by atomic mass is 9.94. The van der Waals surface area contributed by atoms with Gasteiger partial charge in [-0.15, -0.1) is 23.5 Å². The molecular weight excluding hydrogens is 467 g/mol. The van der Waals surface area contributed by atoms with Crippen molar-refractivity contribution in [2.45, 2.75) is 32.1 Å². The molecule has 2 saturated carbocycles. The van der Waals surface area contributed by atoms with Gasteiger partial charge in [-0.1, -0.05) is 11.6 Å². The van der Waals surface area contributed by atoms with Crippen LogP contribution in [0.25, 0.3) is 0 Å². The minimum absolute atomic E-state index is 0.0683. The van der Waals surface area contributed by atoms with E-state index in [1.165, 1.54) is 43.2 Å². The lowest BCUT2D eigenvalue weighted by Gasteiger charge is -2.19. The Hall–Kier alpha value is -1.64. The highest BCUT2D eigenvalue weighted by atomic mass is 35.5. The second-order valence-electron chi connectivity index (χ2n) is 8.56. The van der Waals surface area contributed by atoms with E-state index in [4.69, 9.17) is 23.1 Å². The Balaban J connectivity index is 1.50.